The first kappa shape index (κ1) is 20.1. The summed E-state index contributed by atoms with van der Waals surface area (Å²) in [5.41, 5.74) is 1.22. The fraction of sp³-hybridized carbons (Fsp3) is 0.286. The molecule has 0 N–H and O–H groups in total. The molecule has 1 heterocycles. The zero-order valence-corrected chi connectivity index (χ0v) is 16.7. The summed E-state index contributed by atoms with van der Waals surface area (Å²) in [5.74, 6) is 0.981. The molecule has 0 spiro atoms. The lowest BCUT2D eigenvalue weighted by Gasteiger charge is -2.15. The van der Waals surface area contributed by atoms with Crippen LogP contribution >= 0.6 is 0 Å². The number of hydrogen-bond acceptors (Lipinski definition) is 5. The molecule has 1 saturated heterocycles. The molecular weight excluding hydrogens is 378 g/mol. The third-order valence-electron chi connectivity index (χ3n) is 4.68. The van der Waals surface area contributed by atoms with Gasteiger partial charge in [-0.2, -0.15) is 4.31 Å². The molecule has 0 unspecified atom stereocenters. The molecule has 2 aromatic carbocycles. The molecule has 1 aliphatic rings. The van der Waals surface area contributed by atoms with Crippen LogP contribution in [0.15, 0.2) is 53.4 Å². The van der Waals surface area contributed by atoms with Crippen LogP contribution in [0.1, 0.15) is 28.8 Å². The molecule has 28 heavy (non-hydrogen) atoms. The van der Waals surface area contributed by atoms with E-state index < -0.39 is 10.0 Å². The van der Waals surface area contributed by atoms with Crippen molar-refractivity contribution in [3.05, 3.63) is 59.7 Å². The third-order valence-corrected chi connectivity index (χ3v) is 6.59. The molecule has 0 radical (unpaired) electrons. The van der Waals surface area contributed by atoms with E-state index in [1.54, 1.807) is 44.6 Å². The number of allylic oxidation sites excluding steroid dienone is 1. The minimum Gasteiger partial charge on any atom is -0.493 e. The zero-order valence-electron chi connectivity index (χ0n) is 15.9. The number of carbonyl (C=O) groups excluding carboxylic acids is 1. The minimum absolute atomic E-state index is 0.208. The van der Waals surface area contributed by atoms with Crippen molar-refractivity contribution in [2.24, 2.45) is 0 Å². The van der Waals surface area contributed by atoms with Crippen molar-refractivity contribution in [1.29, 1.82) is 0 Å². The minimum atomic E-state index is -3.47. The molecule has 0 saturated carbocycles. The fourth-order valence-corrected chi connectivity index (χ4v) is 4.61. The van der Waals surface area contributed by atoms with E-state index in [0.29, 0.717) is 30.2 Å². The molecule has 0 amide bonds. The number of benzene rings is 2. The summed E-state index contributed by atoms with van der Waals surface area (Å²) in [6, 6.07) is 11.4. The molecule has 0 bridgehead atoms. The standard InChI is InChI=1S/C21H23NO5S/c1-26-20-12-6-16(15-21(20)27-2)5-11-19(23)17-7-9-18(10-8-17)28(24,25)22-13-3-4-14-22/h5-12,15H,3-4,13-14H2,1-2H3/b11-5+. The molecule has 1 fully saturated rings. The van der Waals surface area contributed by atoms with Crippen LogP contribution in [0.2, 0.25) is 0 Å². The normalized spacial score (nSPS) is 15.1. The molecular formula is C21H23NO5S. The molecule has 0 aliphatic carbocycles. The van der Waals surface area contributed by atoms with Gasteiger partial charge in [-0.05, 0) is 60.9 Å². The van der Waals surface area contributed by atoms with Gasteiger partial charge in [0.15, 0.2) is 17.3 Å². The first-order valence-corrected chi connectivity index (χ1v) is 10.4. The lowest BCUT2D eigenvalue weighted by Crippen LogP contribution is -2.27. The summed E-state index contributed by atoms with van der Waals surface area (Å²) in [6.45, 7) is 1.11. The van der Waals surface area contributed by atoms with E-state index in [0.717, 1.165) is 18.4 Å². The maximum atomic E-state index is 12.5. The van der Waals surface area contributed by atoms with E-state index in [-0.39, 0.29) is 10.7 Å². The molecule has 6 nitrogen and oxygen atoms in total. The number of ketones is 1. The Morgan fingerprint density at radius 3 is 2.21 bits per heavy atom. The van der Waals surface area contributed by atoms with E-state index >= 15 is 0 Å². The largest absolute Gasteiger partial charge is 0.493 e. The van der Waals surface area contributed by atoms with Crippen LogP contribution in [0, 0.1) is 0 Å². The van der Waals surface area contributed by atoms with Crippen molar-refractivity contribution >= 4 is 21.9 Å². The monoisotopic (exact) mass is 401 g/mol. The van der Waals surface area contributed by atoms with Gasteiger partial charge in [0.2, 0.25) is 10.0 Å². The second-order valence-corrected chi connectivity index (χ2v) is 8.39. The molecule has 7 heteroatoms. The highest BCUT2D eigenvalue weighted by Crippen LogP contribution is 2.28. The second-order valence-electron chi connectivity index (χ2n) is 6.45. The molecule has 148 valence electrons. The van der Waals surface area contributed by atoms with Crippen LogP contribution in [-0.4, -0.2) is 45.8 Å². The van der Waals surface area contributed by atoms with Crippen molar-refractivity contribution in [2.45, 2.75) is 17.7 Å². The van der Waals surface area contributed by atoms with Crippen molar-refractivity contribution in [1.82, 2.24) is 4.31 Å². The van der Waals surface area contributed by atoms with Gasteiger partial charge in [-0.15, -0.1) is 0 Å². The van der Waals surface area contributed by atoms with Gasteiger partial charge in [-0.25, -0.2) is 8.42 Å². The van der Waals surface area contributed by atoms with Gasteiger partial charge in [-0.1, -0.05) is 12.1 Å². The molecule has 1 aliphatic heterocycles. The Morgan fingerprint density at radius 2 is 1.61 bits per heavy atom. The van der Waals surface area contributed by atoms with Crippen molar-refractivity contribution in [3.8, 4) is 11.5 Å². The van der Waals surface area contributed by atoms with E-state index in [9.17, 15) is 13.2 Å². The molecule has 0 aromatic heterocycles. The maximum absolute atomic E-state index is 12.5. The van der Waals surface area contributed by atoms with Gasteiger partial charge in [0.05, 0.1) is 19.1 Å². The van der Waals surface area contributed by atoms with Gasteiger partial charge in [0.25, 0.3) is 0 Å². The second kappa shape index (κ2) is 8.58. The summed E-state index contributed by atoms with van der Waals surface area (Å²) in [5, 5.41) is 0. The highest BCUT2D eigenvalue weighted by atomic mass is 32.2. The number of rotatable bonds is 7. The van der Waals surface area contributed by atoms with Crippen molar-refractivity contribution in [2.75, 3.05) is 27.3 Å². The number of ether oxygens (including phenoxy) is 2. The number of sulfonamides is 1. The lowest BCUT2D eigenvalue weighted by atomic mass is 10.1. The van der Waals surface area contributed by atoms with Crippen LogP contribution in [0.4, 0.5) is 0 Å². The van der Waals surface area contributed by atoms with E-state index in [1.165, 1.54) is 22.5 Å². The van der Waals surface area contributed by atoms with Gasteiger partial charge >= 0.3 is 0 Å². The van der Waals surface area contributed by atoms with Gasteiger partial charge in [-0.3, -0.25) is 4.79 Å². The Labute approximate surface area is 165 Å². The summed E-state index contributed by atoms with van der Waals surface area (Å²) >= 11 is 0. The van der Waals surface area contributed by atoms with Crippen molar-refractivity contribution in [3.63, 3.8) is 0 Å². The highest BCUT2D eigenvalue weighted by Gasteiger charge is 2.27. The Kier molecular flexibility index (Phi) is 6.16. The van der Waals surface area contributed by atoms with Crippen LogP contribution < -0.4 is 9.47 Å². The SMILES string of the molecule is COc1ccc(/C=C/C(=O)c2ccc(S(=O)(=O)N3CCCC3)cc2)cc1OC. The smallest absolute Gasteiger partial charge is 0.243 e. The van der Waals surface area contributed by atoms with E-state index in [2.05, 4.69) is 0 Å². The fourth-order valence-electron chi connectivity index (χ4n) is 3.09. The first-order chi connectivity index (χ1) is 13.5. The molecule has 0 atom stereocenters. The maximum Gasteiger partial charge on any atom is 0.243 e. The molecule has 3 rings (SSSR count). The topological polar surface area (TPSA) is 72.9 Å². The highest BCUT2D eigenvalue weighted by molar-refractivity contribution is 7.89. The average Bonchev–Trinajstić information content (AvgIpc) is 3.27. The van der Waals surface area contributed by atoms with Crippen LogP contribution in [0.5, 0.6) is 11.5 Å². The van der Waals surface area contributed by atoms with E-state index in [4.69, 9.17) is 9.47 Å². The average molecular weight is 401 g/mol. The predicted octanol–water partition coefficient (Wildman–Crippen LogP) is 3.38. The summed E-state index contributed by atoms with van der Waals surface area (Å²) in [6.07, 6.45) is 4.90. The van der Waals surface area contributed by atoms with Crippen LogP contribution in [0.3, 0.4) is 0 Å². The summed E-state index contributed by atoms with van der Waals surface area (Å²) in [4.78, 5) is 12.6. The Bertz CT molecular complexity index is 974. The van der Waals surface area contributed by atoms with Crippen molar-refractivity contribution < 1.29 is 22.7 Å². The molecule has 2 aromatic rings. The number of nitrogens with zero attached hydrogens (tertiary/aromatic N) is 1. The first-order valence-electron chi connectivity index (χ1n) is 9.00. The lowest BCUT2D eigenvalue weighted by molar-refractivity contribution is 0.104. The number of hydrogen-bond donors (Lipinski definition) is 0. The Hall–Kier alpha value is -2.64. The van der Waals surface area contributed by atoms with Gasteiger partial charge in [0.1, 0.15) is 0 Å². The Balaban J connectivity index is 1.73. The predicted molar refractivity (Wildman–Crippen MR) is 107 cm³/mol. The summed E-state index contributed by atoms with van der Waals surface area (Å²) < 4.78 is 37.0. The van der Waals surface area contributed by atoms with Gasteiger partial charge in [0, 0.05) is 18.7 Å². The van der Waals surface area contributed by atoms with E-state index in [1.807, 2.05) is 6.07 Å². The Morgan fingerprint density at radius 1 is 0.964 bits per heavy atom. The zero-order chi connectivity index (χ0) is 20.1. The number of methoxy groups -OCH3 is 2. The summed E-state index contributed by atoms with van der Waals surface area (Å²) in [7, 11) is -0.363. The van der Waals surface area contributed by atoms with Crippen LogP contribution in [-0.2, 0) is 10.0 Å². The third kappa shape index (κ3) is 4.26. The quantitative estimate of drug-likeness (QED) is 0.525. The van der Waals surface area contributed by atoms with Gasteiger partial charge < -0.3 is 9.47 Å². The number of carbonyl (C=O) groups is 1. The van der Waals surface area contributed by atoms with Crippen LogP contribution in [0.25, 0.3) is 6.08 Å².